The van der Waals surface area contributed by atoms with Gasteiger partial charge in [0.2, 0.25) is 0 Å². The lowest BCUT2D eigenvalue weighted by molar-refractivity contribution is 0.0923. The summed E-state index contributed by atoms with van der Waals surface area (Å²) < 4.78 is 5.15. The number of likely N-dealkylation sites (N-methyl/N-ethyl adjacent to an activating group) is 1. The molecule has 106 valence electrons. The van der Waals surface area contributed by atoms with Crippen LogP contribution in [0.2, 0.25) is 0 Å². The van der Waals surface area contributed by atoms with Crippen LogP contribution in [-0.4, -0.2) is 37.4 Å². The van der Waals surface area contributed by atoms with E-state index in [0.717, 1.165) is 30.8 Å². The maximum Gasteiger partial charge on any atom is 0.176 e. The number of rotatable bonds is 8. The maximum absolute atomic E-state index is 12.3. The Hall–Kier alpha value is -1.35. The Bertz CT molecular complexity index is 403. The Kier molecular flexibility index (Phi) is 6.57. The molecule has 1 aromatic rings. The van der Waals surface area contributed by atoms with Gasteiger partial charge >= 0.3 is 0 Å². The summed E-state index contributed by atoms with van der Waals surface area (Å²) in [5.41, 5.74) is 0.724. The van der Waals surface area contributed by atoms with E-state index in [1.54, 1.807) is 13.2 Å². The minimum absolute atomic E-state index is 0.157. The highest BCUT2D eigenvalue weighted by Gasteiger charge is 2.13. The highest BCUT2D eigenvalue weighted by Crippen LogP contribution is 2.14. The Morgan fingerprint density at radius 3 is 2.68 bits per heavy atom. The van der Waals surface area contributed by atoms with Gasteiger partial charge in [0.05, 0.1) is 13.7 Å². The summed E-state index contributed by atoms with van der Waals surface area (Å²) in [5.74, 6) is 1.51. The van der Waals surface area contributed by atoms with Crippen LogP contribution in [-0.2, 0) is 0 Å². The maximum atomic E-state index is 12.3. The summed E-state index contributed by atoms with van der Waals surface area (Å²) in [4.78, 5) is 14.5. The van der Waals surface area contributed by atoms with Crippen molar-refractivity contribution < 1.29 is 9.53 Å². The minimum atomic E-state index is 0.157. The van der Waals surface area contributed by atoms with Gasteiger partial charge in [-0.1, -0.05) is 39.3 Å². The molecule has 0 aliphatic rings. The predicted molar refractivity (Wildman–Crippen MR) is 78.9 cm³/mol. The normalized spacial score (nSPS) is 12.5. The Morgan fingerprint density at radius 2 is 2.11 bits per heavy atom. The molecule has 0 fully saturated rings. The Balaban J connectivity index is 2.65. The zero-order chi connectivity index (χ0) is 14.3. The number of methoxy groups -OCH3 is 1. The monoisotopic (exact) mass is 263 g/mol. The van der Waals surface area contributed by atoms with Crippen LogP contribution in [0.1, 0.15) is 37.6 Å². The molecule has 1 unspecified atom stereocenters. The van der Waals surface area contributed by atoms with E-state index in [4.69, 9.17) is 4.74 Å². The molecule has 0 amide bonds. The van der Waals surface area contributed by atoms with Crippen molar-refractivity contribution in [3.05, 3.63) is 29.8 Å². The lowest BCUT2D eigenvalue weighted by Crippen LogP contribution is -2.33. The van der Waals surface area contributed by atoms with Crippen molar-refractivity contribution in [1.82, 2.24) is 4.90 Å². The van der Waals surface area contributed by atoms with Gasteiger partial charge in [0, 0.05) is 12.1 Å². The number of hydrogen-bond acceptors (Lipinski definition) is 3. The van der Waals surface area contributed by atoms with Gasteiger partial charge in [-0.2, -0.15) is 0 Å². The predicted octanol–water partition coefficient (Wildman–Crippen LogP) is 3.25. The average Bonchev–Trinajstić information content (AvgIpc) is 2.46. The first-order valence-corrected chi connectivity index (χ1v) is 7.00. The van der Waals surface area contributed by atoms with E-state index in [1.165, 1.54) is 0 Å². The minimum Gasteiger partial charge on any atom is -0.497 e. The van der Waals surface area contributed by atoms with E-state index < -0.39 is 0 Å². The number of nitrogens with zero attached hydrogens (tertiary/aromatic N) is 1. The fourth-order valence-corrected chi connectivity index (χ4v) is 1.97. The third kappa shape index (κ3) is 5.03. The molecule has 0 aliphatic heterocycles. The molecule has 0 aliphatic carbocycles. The molecule has 0 aromatic heterocycles. The molecule has 1 aromatic carbocycles. The second kappa shape index (κ2) is 7.95. The van der Waals surface area contributed by atoms with Gasteiger partial charge in [-0.05, 0) is 24.6 Å². The van der Waals surface area contributed by atoms with Gasteiger partial charge in [-0.3, -0.25) is 9.69 Å². The number of hydrogen-bond donors (Lipinski definition) is 0. The molecule has 1 atom stereocenters. The highest BCUT2D eigenvalue weighted by atomic mass is 16.5. The second-order valence-electron chi connectivity index (χ2n) is 5.00. The van der Waals surface area contributed by atoms with Gasteiger partial charge in [-0.25, -0.2) is 0 Å². The number of carbonyl (C=O) groups excluding carboxylic acids is 1. The van der Waals surface area contributed by atoms with Crippen molar-refractivity contribution in [2.24, 2.45) is 5.92 Å². The third-order valence-electron chi connectivity index (χ3n) is 3.47. The van der Waals surface area contributed by atoms with Gasteiger partial charge < -0.3 is 4.74 Å². The summed E-state index contributed by atoms with van der Waals surface area (Å²) in [6.45, 7) is 8.86. The summed E-state index contributed by atoms with van der Waals surface area (Å²) >= 11 is 0. The van der Waals surface area contributed by atoms with Crippen LogP contribution in [0.4, 0.5) is 0 Å². The standard InChI is InChI=1S/C16H25NO2/c1-5-13(3)11-17(6-2)12-16(18)14-8-7-9-15(10-14)19-4/h7-10,13H,5-6,11-12H2,1-4H3. The summed E-state index contributed by atoms with van der Waals surface area (Å²) in [6, 6.07) is 7.37. The van der Waals surface area contributed by atoms with Crippen LogP contribution < -0.4 is 4.74 Å². The van der Waals surface area contributed by atoms with E-state index >= 15 is 0 Å². The largest absolute Gasteiger partial charge is 0.497 e. The molecule has 0 radical (unpaired) electrons. The molecule has 19 heavy (non-hydrogen) atoms. The van der Waals surface area contributed by atoms with Crippen LogP contribution in [0.5, 0.6) is 5.75 Å². The van der Waals surface area contributed by atoms with Crippen LogP contribution in [0.25, 0.3) is 0 Å². The molecule has 3 nitrogen and oxygen atoms in total. The highest BCUT2D eigenvalue weighted by molar-refractivity contribution is 5.97. The zero-order valence-corrected chi connectivity index (χ0v) is 12.5. The molecule has 0 saturated carbocycles. The topological polar surface area (TPSA) is 29.5 Å². The summed E-state index contributed by atoms with van der Waals surface area (Å²) in [5, 5.41) is 0. The molecular formula is C16H25NO2. The average molecular weight is 263 g/mol. The van der Waals surface area contributed by atoms with Crippen molar-refractivity contribution >= 4 is 5.78 Å². The SMILES string of the molecule is CCC(C)CN(CC)CC(=O)c1cccc(OC)c1. The number of ether oxygens (including phenoxy) is 1. The van der Waals surface area contributed by atoms with Gasteiger partial charge in [0.25, 0.3) is 0 Å². The molecule has 0 heterocycles. The molecule has 0 bridgehead atoms. The molecule has 0 spiro atoms. The fraction of sp³-hybridized carbons (Fsp3) is 0.562. The van der Waals surface area contributed by atoms with E-state index in [2.05, 4.69) is 25.7 Å². The molecule has 3 heteroatoms. The van der Waals surface area contributed by atoms with Gasteiger partial charge in [0.1, 0.15) is 5.75 Å². The van der Waals surface area contributed by atoms with Crippen LogP contribution in [0.3, 0.4) is 0 Å². The van der Waals surface area contributed by atoms with E-state index in [-0.39, 0.29) is 5.78 Å². The number of Topliss-reactive ketones (excluding diaryl/α,β-unsaturated/α-hetero) is 1. The number of carbonyl (C=O) groups is 1. The molecular weight excluding hydrogens is 238 g/mol. The van der Waals surface area contributed by atoms with Crippen LogP contribution >= 0.6 is 0 Å². The zero-order valence-electron chi connectivity index (χ0n) is 12.5. The molecule has 1 rings (SSSR count). The number of ketones is 1. The molecule has 0 N–H and O–H groups in total. The van der Waals surface area contributed by atoms with E-state index in [9.17, 15) is 4.79 Å². The first kappa shape index (κ1) is 15.7. The molecule has 0 saturated heterocycles. The van der Waals surface area contributed by atoms with Crippen molar-refractivity contribution in [3.8, 4) is 5.75 Å². The van der Waals surface area contributed by atoms with E-state index in [0.29, 0.717) is 12.5 Å². The van der Waals surface area contributed by atoms with Crippen molar-refractivity contribution in [3.63, 3.8) is 0 Å². The van der Waals surface area contributed by atoms with Crippen molar-refractivity contribution in [2.75, 3.05) is 26.7 Å². The van der Waals surface area contributed by atoms with Crippen molar-refractivity contribution in [1.29, 1.82) is 0 Å². The quantitative estimate of drug-likeness (QED) is 0.674. The van der Waals surface area contributed by atoms with Crippen LogP contribution in [0, 0.1) is 5.92 Å². The lowest BCUT2D eigenvalue weighted by Gasteiger charge is -2.23. The smallest absolute Gasteiger partial charge is 0.176 e. The Morgan fingerprint density at radius 1 is 1.37 bits per heavy atom. The fourth-order valence-electron chi connectivity index (χ4n) is 1.97. The Labute approximate surface area is 116 Å². The first-order chi connectivity index (χ1) is 9.10. The lowest BCUT2D eigenvalue weighted by atomic mass is 10.1. The van der Waals surface area contributed by atoms with E-state index in [1.807, 2.05) is 18.2 Å². The second-order valence-corrected chi connectivity index (χ2v) is 5.00. The van der Waals surface area contributed by atoms with Crippen molar-refractivity contribution in [2.45, 2.75) is 27.2 Å². The van der Waals surface area contributed by atoms with Gasteiger partial charge in [0.15, 0.2) is 5.78 Å². The summed E-state index contributed by atoms with van der Waals surface area (Å²) in [6.07, 6.45) is 1.14. The van der Waals surface area contributed by atoms with Gasteiger partial charge in [-0.15, -0.1) is 0 Å². The third-order valence-corrected chi connectivity index (χ3v) is 3.47. The first-order valence-electron chi connectivity index (χ1n) is 7.00. The number of benzene rings is 1. The summed E-state index contributed by atoms with van der Waals surface area (Å²) in [7, 11) is 1.62. The van der Waals surface area contributed by atoms with Crippen LogP contribution in [0.15, 0.2) is 24.3 Å².